The smallest absolute Gasteiger partial charge is 0.271 e. The van der Waals surface area contributed by atoms with Crippen molar-refractivity contribution in [2.24, 2.45) is 5.10 Å². The second-order valence-corrected chi connectivity index (χ2v) is 6.73. The Labute approximate surface area is 172 Å². The van der Waals surface area contributed by atoms with Crippen molar-refractivity contribution in [2.45, 2.75) is 6.61 Å². The van der Waals surface area contributed by atoms with Crippen LogP contribution in [0.4, 0.5) is 0 Å². The molecule has 3 aromatic rings. The Bertz CT molecular complexity index is 960. The predicted octanol–water partition coefficient (Wildman–Crippen LogP) is 4.80. The van der Waals surface area contributed by atoms with Crippen molar-refractivity contribution in [3.63, 3.8) is 0 Å². The van der Waals surface area contributed by atoms with Crippen LogP contribution in [-0.4, -0.2) is 19.2 Å². The lowest BCUT2D eigenvalue weighted by molar-refractivity contribution is 0.0955. The van der Waals surface area contributed by atoms with E-state index in [-0.39, 0.29) is 5.91 Å². The summed E-state index contributed by atoms with van der Waals surface area (Å²) in [6.07, 6.45) is 1.55. The molecule has 142 valence electrons. The lowest BCUT2D eigenvalue weighted by Gasteiger charge is -2.13. The van der Waals surface area contributed by atoms with Crippen LogP contribution < -0.4 is 14.9 Å². The van der Waals surface area contributed by atoms with E-state index in [2.05, 4.69) is 26.5 Å². The molecule has 6 heteroatoms. The molecule has 0 heterocycles. The van der Waals surface area contributed by atoms with Crippen molar-refractivity contribution < 1.29 is 14.3 Å². The average Bonchev–Trinajstić information content (AvgIpc) is 2.74. The van der Waals surface area contributed by atoms with Gasteiger partial charge in [-0.1, -0.05) is 48.5 Å². The molecule has 28 heavy (non-hydrogen) atoms. The number of nitrogens with zero attached hydrogens (tertiary/aromatic N) is 1. The van der Waals surface area contributed by atoms with Gasteiger partial charge in [0.1, 0.15) is 6.61 Å². The minimum absolute atomic E-state index is 0.273. The second kappa shape index (κ2) is 9.71. The predicted molar refractivity (Wildman–Crippen MR) is 113 cm³/mol. The fourth-order valence-corrected chi connectivity index (χ4v) is 3.08. The number of hydrogen-bond acceptors (Lipinski definition) is 4. The van der Waals surface area contributed by atoms with Gasteiger partial charge in [0.05, 0.1) is 17.8 Å². The highest BCUT2D eigenvalue weighted by Gasteiger charge is 2.11. The Balaban J connectivity index is 1.69. The molecule has 0 aliphatic carbocycles. The molecule has 0 atom stereocenters. The molecule has 1 amide bonds. The lowest BCUT2D eigenvalue weighted by atomic mass is 10.2. The molecule has 0 saturated carbocycles. The van der Waals surface area contributed by atoms with Crippen molar-refractivity contribution >= 4 is 28.1 Å². The van der Waals surface area contributed by atoms with E-state index >= 15 is 0 Å². The molecular formula is C22H19BrN2O3. The van der Waals surface area contributed by atoms with Crippen LogP contribution in [0.15, 0.2) is 82.4 Å². The number of hydrazone groups is 1. The van der Waals surface area contributed by atoms with Gasteiger partial charge >= 0.3 is 0 Å². The van der Waals surface area contributed by atoms with Crippen LogP contribution in [0.1, 0.15) is 21.5 Å². The molecule has 0 aliphatic rings. The highest BCUT2D eigenvalue weighted by molar-refractivity contribution is 9.10. The van der Waals surface area contributed by atoms with Crippen LogP contribution in [0.2, 0.25) is 0 Å². The summed E-state index contributed by atoms with van der Waals surface area (Å²) in [5.41, 5.74) is 4.87. The first kappa shape index (κ1) is 19.6. The zero-order valence-corrected chi connectivity index (χ0v) is 16.8. The number of carbonyl (C=O) groups excluding carboxylic acids is 1. The van der Waals surface area contributed by atoms with Gasteiger partial charge in [0.25, 0.3) is 5.91 Å². The van der Waals surface area contributed by atoms with Gasteiger partial charge in [-0.05, 0) is 51.3 Å². The molecule has 0 saturated heterocycles. The number of benzene rings is 3. The zero-order chi connectivity index (χ0) is 19.8. The second-order valence-electron chi connectivity index (χ2n) is 5.87. The van der Waals surface area contributed by atoms with Gasteiger partial charge in [0.2, 0.25) is 0 Å². The van der Waals surface area contributed by atoms with Crippen LogP contribution in [0.5, 0.6) is 11.5 Å². The molecular weight excluding hydrogens is 420 g/mol. The van der Waals surface area contributed by atoms with E-state index in [9.17, 15) is 4.79 Å². The minimum Gasteiger partial charge on any atom is -0.493 e. The Morgan fingerprint density at radius 3 is 2.43 bits per heavy atom. The van der Waals surface area contributed by atoms with Crippen molar-refractivity contribution in [3.05, 3.63) is 94.0 Å². The summed E-state index contributed by atoms with van der Waals surface area (Å²) in [6, 6.07) is 22.4. The van der Waals surface area contributed by atoms with E-state index in [1.807, 2.05) is 42.5 Å². The van der Waals surface area contributed by atoms with Crippen LogP contribution in [0, 0.1) is 0 Å². The van der Waals surface area contributed by atoms with E-state index in [1.54, 1.807) is 43.7 Å². The fourth-order valence-electron chi connectivity index (χ4n) is 2.50. The first-order chi connectivity index (χ1) is 13.7. The maximum Gasteiger partial charge on any atom is 0.271 e. The molecule has 0 bridgehead atoms. The molecule has 0 aliphatic heterocycles. The number of rotatable bonds is 7. The van der Waals surface area contributed by atoms with Crippen molar-refractivity contribution in [3.8, 4) is 11.5 Å². The molecule has 3 rings (SSSR count). The first-order valence-electron chi connectivity index (χ1n) is 8.60. The third-order valence-electron chi connectivity index (χ3n) is 3.89. The maximum absolute atomic E-state index is 12.0. The number of halogens is 1. The van der Waals surface area contributed by atoms with Crippen LogP contribution in [0.25, 0.3) is 0 Å². The quantitative estimate of drug-likeness (QED) is 0.425. The van der Waals surface area contributed by atoms with Gasteiger partial charge < -0.3 is 9.47 Å². The highest BCUT2D eigenvalue weighted by Crippen LogP contribution is 2.36. The normalized spacial score (nSPS) is 10.6. The summed E-state index contributed by atoms with van der Waals surface area (Å²) in [4.78, 5) is 12.0. The topological polar surface area (TPSA) is 59.9 Å². The number of carbonyl (C=O) groups is 1. The number of hydrogen-bond donors (Lipinski definition) is 1. The SMILES string of the molecule is COc1cc(/C=N\NC(=O)c2ccccc2)cc(Br)c1OCc1ccccc1. The number of nitrogens with one attached hydrogen (secondary N) is 1. The fraction of sp³-hybridized carbons (Fsp3) is 0.0909. The van der Waals surface area contributed by atoms with Crippen LogP contribution in [0.3, 0.4) is 0 Å². The molecule has 0 spiro atoms. The van der Waals surface area contributed by atoms with Gasteiger partial charge in [-0.25, -0.2) is 5.43 Å². The summed E-state index contributed by atoms with van der Waals surface area (Å²) in [5.74, 6) is 0.906. The molecule has 0 radical (unpaired) electrons. The van der Waals surface area contributed by atoms with E-state index in [1.165, 1.54) is 0 Å². The summed E-state index contributed by atoms with van der Waals surface area (Å²) in [6.45, 7) is 0.427. The summed E-state index contributed by atoms with van der Waals surface area (Å²) in [5, 5.41) is 4.02. The average molecular weight is 439 g/mol. The monoisotopic (exact) mass is 438 g/mol. The number of amides is 1. The van der Waals surface area contributed by atoms with E-state index in [0.717, 1.165) is 15.6 Å². The van der Waals surface area contributed by atoms with Gasteiger partial charge in [-0.3, -0.25) is 4.79 Å². The highest BCUT2D eigenvalue weighted by atomic mass is 79.9. The molecule has 3 aromatic carbocycles. The third kappa shape index (κ3) is 5.20. The first-order valence-corrected chi connectivity index (χ1v) is 9.39. The zero-order valence-electron chi connectivity index (χ0n) is 15.3. The largest absolute Gasteiger partial charge is 0.493 e. The maximum atomic E-state index is 12.0. The van der Waals surface area contributed by atoms with Crippen molar-refractivity contribution in [2.75, 3.05) is 7.11 Å². The minimum atomic E-state index is -0.273. The molecule has 0 aromatic heterocycles. The Hall–Kier alpha value is -3.12. The van der Waals surface area contributed by atoms with Gasteiger partial charge in [-0.15, -0.1) is 0 Å². The van der Waals surface area contributed by atoms with Gasteiger partial charge in [-0.2, -0.15) is 5.10 Å². The summed E-state index contributed by atoms with van der Waals surface area (Å²) < 4.78 is 12.1. The summed E-state index contributed by atoms with van der Waals surface area (Å²) in [7, 11) is 1.58. The molecule has 1 N–H and O–H groups in total. The summed E-state index contributed by atoms with van der Waals surface area (Å²) >= 11 is 3.52. The molecule has 0 unspecified atom stereocenters. The lowest BCUT2D eigenvalue weighted by Crippen LogP contribution is -2.17. The van der Waals surface area contributed by atoms with Gasteiger partial charge in [0.15, 0.2) is 11.5 Å². The van der Waals surface area contributed by atoms with Crippen LogP contribution in [-0.2, 0) is 6.61 Å². The molecule has 5 nitrogen and oxygen atoms in total. The Kier molecular flexibility index (Phi) is 6.81. The third-order valence-corrected chi connectivity index (χ3v) is 4.48. The van der Waals surface area contributed by atoms with E-state index < -0.39 is 0 Å². The number of methoxy groups -OCH3 is 1. The Morgan fingerprint density at radius 2 is 1.75 bits per heavy atom. The van der Waals surface area contributed by atoms with Crippen molar-refractivity contribution in [1.29, 1.82) is 0 Å². The van der Waals surface area contributed by atoms with Gasteiger partial charge in [0, 0.05) is 5.56 Å². The Morgan fingerprint density at radius 1 is 1.07 bits per heavy atom. The standard InChI is InChI=1S/C22H19BrN2O3/c1-27-20-13-17(14-24-25-22(26)18-10-6-3-7-11-18)12-19(23)21(20)28-15-16-8-4-2-5-9-16/h2-14H,15H2,1H3,(H,25,26)/b24-14-. The molecule has 0 fully saturated rings. The van der Waals surface area contributed by atoms with E-state index in [0.29, 0.717) is 23.7 Å². The van der Waals surface area contributed by atoms with Crippen molar-refractivity contribution in [1.82, 2.24) is 5.43 Å². The number of ether oxygens (including phenoxy) is 2. The van der Waals surface area contributed by atoms with E-state index in [4.69, 9.17) is 9.47 Å². The van der Waals surface area contributed by atoms with Crippen LogP contribution >= 0.6 is 15.9 Å².